The molecule has 140 valence electrons. The van der Waals surface area contributed by atoms with Crippen LogP contribution in [0.3, 0.4) is 0 Å². The van der Waals surface area contributed by atoms with Gasteiger partial charge in [-0.3, -0.25) is 4.79 Å². The molecule has 0 aliphatic rings. The maximum Gasteiger partial charge on any atom is 0.263 e. The summed E-state index contributed by atoms with van der Waals surface area (Å²) in [7, 11) is 0. The molecule has 0 atom stereocenters. The van der Waals surface area contributed by atoms with Crippen molar-refractivity contribution in [1.29, 1.82) is 0 Å². The van der Waals surface area contributed by atoms with Gasteiger partial charge >= 0.3 is 0 Å². The second kappa shape index (κ2) is 7.48. The second-order valence-corrected chi connectivity index (χ2v) is 5.95. The highest BCUT2D eigenvalue weighted by Crippen LogP contribution is 2.18. The number of ether oxygens (including phenoxy) is 1. The molecule has 0 bridgehead atoms. The van der Waals surface area contributed by atoms with Crippen LogP contribution >= 0.6 is 0 Å². The molecular weight excluding hydrogens is 356 g/mol. The number of aromatic nitrogens is 4. The molecule has 0 unspecified atom stereocenters. The van der Waals surface area contributed by atoms with E-state index in [4.69, 9.17) is 4.74 Å². The Morgan fingerprint density at radius 3 is 2.44 bits per heavy atom. The number of rotatable bonds is 5. The zero-order valence-electron chi connectivity index (χ0n) is 15.0. The summed E-state index contributed by atoms with van der Waals surface area (Å²) in [6.07, 6.45) is 0. The summed E-state index contributed by atoms with van der Waals surface area (Å²) < 4.78 is 33.0. The molecule has 0 aliphatic heterocycles. The third-order valence-electron chi connectivity index (χ3n) is 3.51. The van der Waals surface area contributed by atoms with Gasteiger partial charge < -0.3 is 10.1 Å². The van der Waals surface area contributed by atoms with Crippen LogP contribution in [0.25, 0.3) is 5.95 Å². The Balaban J connectivity index is 1.74. The predicted molar refractivity (Wildman–Crippen MR) is 93.8 cm³/mol. The van der Waals surface area contributed by atoms with Crippen molar-refractivity contribution in [3.8, 4) is 11.7 Å². The quantitative estimate of drug-likeness (QED) is 0.744. The van der Waals surface area contributed by atoms with E-state index in [1.54, 1.807) is 13.0 Å². The first-order chi connectivity index (χ1) is 12.8. The topological polar surface area (TPSA) is 81.9 Å². The monoisotopic (exact) mass is 373 g/mol. The lowest BCUT2D eigenvalue weighted by molar-refractivity contribution is -0.118. The number of hydrogen-bond donors (Lipinski definition) is 1. The largest absolute Gasteiger partial charge is 0.481 e. The van der Waals surface area contributed by atoms with Crippen molar-refractivity contribution >= 4 is 11.7 Å². The summed E-state index contributed by atoms with van der Waals surface area (Å²) in [5.41, 5.74) is 2.18. The van der Waals surface area contributed by atoms with Gasteiger partial charge in [-0.25, -0.2) is 18.7 Å². The minimum Gasteiger partial charge on any atom is -0.481 e. The van der Waals surface area contributed by atoms with Crippen molar-refractivity contribution in [2.75, 3.05) is 11.9 Å². The molecule has 2 heterocycles. The number of aryl methyl sites for hydroxylation is 3. The Hall–Kier alpha value is -3.36. The minimum atomic E-state index is -0.882. The molecule has 0 saturated carbocycles. The smallest absolute Gasteiger partial charge is 0.263 e. The number of benzene rings is 1. The van der Waals surface area contributed by atoms with Crippen LogP contribution in [0.1, 0.15) is 17.1 Å². The Labute approximate surface area is 154 Å². The van der Waals surface area contributed by atoms with E-state index in [1.165, 1.54) is 4.68 Å². The van der Waals surface area contributed by atoms with Crippen LogP contribution in [-0.2, 0) is 4.79 Å². The van der Waals surface area contributed by atoms with E-state index in [-0.39, 0.29) is 5.75 Å². The molecule has 0 aliphatic carbocycles. The summed E-state index contributed by atoms with van der Waals surface area (Å²) in [6.45, 7) is 4.97. The van der Waals surface area contributed by atoms with Crippen LogP contribution in [0, 0.1) is 32.4 Å². The molecule has 1 amide bonds. The zero-order valence-corrected chi connectivity index (χ0v) is 15.0. The maximum atomic E-state index is 13.6. The van der Waals surface area contributed by atoms with Crippen LogP contribution < -0.4 is 10.1 Å². The van der Waals surface area contributed by atoms with E-state index < -0.39 is 24.1 Å². The molecule has 1 aromatic carbocycles. The molecule has 2 aromatic heterocycles. The Bertz CT molecular complexity index is 983. The van der Waals surface area contributed by atoms with Gasteiger partial charge in [-0.1, -0.05) is 0 Å². The number of nitrogens with one attached hydrogen (secondary N) is 1. The highest BCUT2D eigenvalue weighted by molar-refractivity contribution is 5.91. The van der Waals surface area contributed by atoms with E-state index in [0.29, 0.717) is 23.5 Å². The number of hydrogen-bond acceptors (Lipinski definition) is 5. The van der Waals surface area contributed by atoms with Crippen molar-refractivity contribution in [2.45, 2.75) is 20.8 Å². The third kappa shape index (κ3) is 4.43. The number of amides is 1. The van der Waals surface area contributed by atoms with E-state index in [2.05, 4.69) is 20.4 Å². The summed E-state index contributed by atoms with van der Waals surface area (Å²) in [4.78, 5) is 20.8. The number of carbonyl (C=O) groups is 1. The summed E-state index contributed by atoms with van der Waals surface area (Å²) in [6, 6.07) is 6.32. The van der Waals surface area contributed by atoms with Crippen LogP contribution in [0.15, 0.2) is 30.3 Å². The summed E-state index contributed by atoms with van der Waals surface area (Å²) in [5, 5.41) is 6.92. The average molecular weight is 373 g/mol. The minimum absolute atomic E-state index is 0.214. The zero-order chi connectivity index (χ0) is 19.6. The Morgan fingerprint density at radius 2 is 1.78 bits per heavy atom. The summed E-state index contributed by atoms with van der Waals surface area (Å²) in [5.74, 6) is -1.69. The van der Waals surface area contributed by atoms with Gasteiger partial charge in [0.1, 0.15) is 11.6 Å². The standard InChI is InChI=1S/C18H17F2N5O2/c1-10-6-11(2)22-18(21-10)25-16(7-12(3)24-25)23-17(26)9-27-15-5-4-13(19)8-14(15)20/h4-8H,9H2,1-3H3,(H,23,26). The molecule has 0 radical (unpaired) electrons. The van der Waals surface area contributed by atoms with Gasteiger partial charge in [0, 0.05) is 23.5 Å². The fraction of sp³-hybridized carbons (Fsp3) is 0.222. The first-order valence-corrected chi connectivity index (χ1v) is 8.09. The van der Waals surface area contributed by atoms with Crippen molar-refractivity contribution in [3.63, 3.8) is 0 Å². The Morgan fingerprint density at radius 1 is 1.07 bits per heavy atom. The molecule has 7 nitrogen and oxygen atoms in total. The normalized spacial score (nSPS) is 10.7. The van der Waals surface area contributed by atoms with Gasteiger partial charge in [0.15, 0.2) is 18.2 Å². The molecule has 1 N–H and O–H groups in total. The lowest BCUT2D eigenvalue weighted by atomic mass is 10.3. The van der Waals surface area contributed by atoms with Crippen molar-refractivity contribution in [2.24, 2.45) is 0 Å². The number of nitrogens with zero attached hydrogens (tertiary/aromatic N) is 4. The number of carbonyl (C=O) groups excluding carboxylic acids is 1. The first kappa shape index (κ1) is 18.4. The molecule has 9 heteroatoms. The predicted octanol–water partition coefficient (Wildman–Crippen LogP) is 2.88. The molecule has 0 spiro atoms. The van der Waals surface area contributed by atoms with Gasteiger partial charge in [-0.15, -0.1) is 0 Å². The number of anilines is 1. The third-order valence-corrected chi connectivity index (χ3v) is 3.51. The average Bonchev–Trinajstić information content (AvgIpc) is 2.93. The van der Waals surface area contributed by atoms with Crippen molar-refractivity contribution in [1.82, 2.24) is 19.7 Å². The van der Waals surface area contributed by atoms with Crippen LogP contribution in [0.2, 0.25) is 0 Å². The molecule has 0 fully saturated rings. The lowest BCUT2D eigenvalue weighted by Crippen LogP contribution is -2.22. The molecule has 3 rings (SSSR count). The number of halogens is 2. The molecule has 3 aromatic rings. The fourth-order valence-corrected chi connectivity index (χ4v) is 2.46. The van der Waals surface area contributed by atoms with Gasteiger partial charge in [0.25, 0.3) is 11.9 Å². The molecule has 27 heavy (non-hydrogen) atoms. The maximum absolute atomic E-state index is 13.6. The van der Waals surface area contributed by atoms with E-state index >= 15 is 0 Å². The van der Waals surface area contributed by atoms with Gasteiger partial charge in [0.2, 0.25) is 0 Å². The van der Waals surface area contributed by atoms with E-state index in [1.807, 2.05) is 19.9 Å². The van der Waals surface area contributed by atoms with Crippen molar-refractivity contribution < 1.29 is 18.3 Å². The highest BCUT2D eigenvalue weighted by Gasteiger charge is 2.15. The van der Waals surface area contributed by atoms with E-state index in [9.17, 15) is 13.6 Å². The van der Waals surface area contributed by atoms with Gasteiger partial charge in [0.05, 0.1) is 5.69 Å². The second-order valence-electron chi connectivity index (χ2n) is 5.95. The van der Waals surface area contributed by atoms with Crippen molar-refractivity contribution in [3.05, 3.63) is 59.0 Å². The van der Waals surface area contributed by atoms with Crippen LogP contribution in [0.4, 0.5) is 14.6 Å². The van der Waals surface area contributed by atoms with Crippen LogP contribution in [-0.4, -0.2) is 32.3 Å². The molecular formula is C18H17F2N5O2. The first-order valence-electron chi connectivity index (χ1n) is 8.09. The SMILES string of the molecule is Cc1cc(C)nc(-n2nc(C)cc2NC(=O)COc2ccc(F)cc2F)n1. The summed E-state index contributed by atoms with van der Waals surface area (Å²) >= 11 is 0. The van der Waals surface area contributed by atoms with Crippen LogP contribution in [0.5, 0.6) is 5.75 Å². The fourth-order valence-electron chi connectivity index (χ4n) is 2.46. The Kier molecular flexibility index (Phi) is 5.11. The highest BCUT2D eigenvalue weighted by atomic mass is 19.1. The van der Waals surface area contributed by atoms with Gasteiger partial charge in [-0.05, 0) is 39.0 Å². The molecule has 0 saturated heterocycles. The van der Waals surface area contributed by atoms with E-state index in [0.717, 1.165) is 23.5 Å². The lowest BCUT2D eigenvalue weighted by Gasteiger charge is -2.10. The van der Waals surface area contributed by atoms with Gasteiger partial charge in [-0.2, -0.15) is 9.78 Å².